The van der Waals surface area contributed by atoms with Crippen molar-refractivity contribution in [3.05, 3.63) is 70.8 Å². The minimum atomic E-state index is -0.304. The molecule has 1 saturated heterocycles. The lowest BCUT2D eigenvalue weighted by Crippen LogP contribution is -2.47. The second-order valence-electron chi connectivity index (χ2n) is 8.16. The van der Waals surface area contributed by atoms with Gasteiger partial charge in [-0.15, -0.1) is 0 Å². The second kappa shape index (κ2) is 8.25. The number of allylic oxidation sites excluding steroid dienone is 1. The van der Waals surface area contributed by atoms with Gasteiger partial charge in [0.1, 0.15) is 0 Å². The molecule has 2 aromatic carbocycles. The van der Waals surface area contributed by atoms with E-state index >= 15 is 0 Å². The molecule has 5 nitrogen and oxygen atoms in total. The van der Waals surface area contributed by atoms with Crippen LogP contribution in [0.4, 0.5) is 0 Å². The van der Waals surface area contributed by atoms with E-state index in [2.05, 4.69) is 35.2 Å². The second-order valence-corrected chi connectivity index (χ2v) is 8.16. The first-order chi connectivity index (χ1) is 14.5. The number of nitrogens with two attached hydrogens (primary N) is 1. The summed E-state index contributed by atoms with van der Waals surface area (Å²) in [5, 5.41) is 9.15. The first-order valence-corrected chi connectivity index (χ1v) is 10.4. The van der Waals surface area contributed by atoms with Crippen molar-refractivity contribution in [3.63, 3.8) is 0 Å². The summed E-state index contributed by atoms with van der Waals surface area (Å²) in [4.78, 5) is 20.4. The molecule has 2 aromatic rings. The summed E-state index contributed by atoms with van der Waals surface area (Å²) >= 11 is 0. The van der Waals surface area contributed by atoms with Crippen LogP contribution in [0.15, 0.2) is 53.5 Å². The first-order valence-electron chi connectivity index (χ1n) is 10.4. The van der Waals surface area contributed by atoms with E-state index in [0.29, 0.717) is 11.4 Å². The molecule has 30 heavy (non-hydrogen) atoms. The molecule has 0 amide bonds. The van der Waals surface area contributed by atoms with Gasteiger partial charge < -0.3 is 10.6 Å². The van der Waals surface area contributed by atoms with Crippen molar-refractivity contribution in [2.24, 2.45) is 16.6 Å². The molecule has 0 aliphatic carbocycles. The predicted molar refractivity (Wildman–Crippen MR) is 120 cm³/mol. The van der Waals surface area contributed by atoms with Gasteiger partial charge >= 0.3 is 0 Å². The topological polar surface area (TPSA) is 82.5 Å². The maximum absolute atomic E-state index is 13.4. The van der Waals surface area contributed by atoms with Gasteiger partial charge in [-0.25, -0.2) is 4.99 Å². The molecule has 0 bridgehead atoms. The molecule has 2 aliphatic heterocycles. The molecular weight excluding hydrogens is 372 g/mol. The number of carbonyl (C=O) groups is 1. The zero-order valence-corrected chi connectivity index (χ0v) is 17.4. The minimum Gasteiger partial charge on any atom is -0.354 e. The van der Waals surface area contributed by atoms with E-state index in [4.69, 9.17) is 16.0 Å². The quantitative estimate of drug-likeness (QED) is 0.835. The Morgan fingerprint density at radius 2 is 1.63 bits per heavy atom. The number of benzene rings is 2. The average molecular weight is 399 g/mol. The Balaban J connectivity index is 1.86. The third-order valence-electron chi connectivity index (χ3n) is 6.01. The summed E-state index contributed by atoms with van der Waals surface area (Å²) < 4.78 is 0. The summed E-state index contributed by atoms with van der Waals surface area (Å²) in [6, 6.07) is 18.0. The predicted octanol–water partition coefficient (Wildman–Crippen LogP) is 3.78. The maximum Gasteiger partial charge on any atom is 0.205 e. The molecule has 0 saturated carbocycles. The Hall–Kier alpha value is -3.23. The van der Waals surface area contributed by atoms with Crippen molar-refractivity contribution in [2.75, 3.05) is 13.1 Å². The summed E-state index contributed by atoms with van der Waals surface area (Å²) in [6.45, 7) is 5.51. The van der Waals surface area contributed by atoms with E-state index in [1.54, 1.807) is 12.1 Å². The zero-order chi connectivity index (χ0) is 21.3. The smallest absolute Gasteiger partial charge is 0.205 e. The van der Waals surface area contributed by atoms with Crippen LogP contribution in [-0.4, -0.2) is 35.7 Å². The van der Waals surface area contributed by atoms with Crippen LogP contribution in [0.2, 0.25) is 0 Å². The van der Waals surface area contributed by atoms with Crippen molar-refractivity contribution in [1.29, 1.82) is 5.26 Å². The molecule has 1 atom stereocenters. The zero-order valence-electron chi connectivity index (χ0n) is 17.4. The van der Waals surface area contributed by atoms with Crippen molar-refractivity contribution in [2.45, 2.75) is 32.7 Å². The van der Waals surface area contributed by atoms with Crippen LogP contribution in [0.3, 0.4) is 0 Å². The molecule has 152 valence electrons. The lowest BCUT2D eigenvalue weighted by atomic mass is 9.84. The lowest BCUT2D eigenvalue weighted by Gasteiger charge is -2.35. The van der Waals surface area contributed by atoms with Gasteiger partial charge in [0, 0.05) is 24.7 Å². The Bertz CT molecular complexity index is 1050. The Kier molecular flexibility index (Phi) is 5.52. The molecule has 0 radical (unpaired) electrons. The van der Waals surface area contributed by atoms with Crippen molar-refractivity contribution in [3.8, 4) is 6.07 Å². The highest BCUT2D eigenvalue weighted by molar-refractivity contribution is 6.44. The number of rotatable bonds is 2. The van der Waals surface area contributed by atoms with E-state index in [1.807, 2.05) is 26.0 Å². The number of likely N-dealkylation sites (tertiary alicyclic amines) is 1. The van der Waals surface area contributed by atoms with Gasteiger partial charge in [-0.1, -0.05) is 48.9 Å². The van der Waals surface area contributed by atoms with Crippen LogP contribution in [0, 0.1) is 24.2 Å². The highest BCUT2D eigenvalue weighted by Crippen LogP contribution is 2.38. The van der Waals surface area contributed by atoms with Crippen LogP contribution < -0.4 is 5.73 Å². The molecule has 1 fully saturated rings. The fourth-order valence-electron chi connectivity index (χ4n) is 4.13. The number of ketones is 1. The van der Waals surface area contributed by atoms with Gasteiger partial charge in [0.15, 0.2) is 5.84 Å². The lowest BCUT2D eigenvalue weighted by molar-refractivity contribution is -0.115. The third kappa shape index (κ3) is 3.79. The van der Waals surface area contributed by atoms with Gasteiger partial charge in [0.05, 0.1) is 23.2 Å². The van der Waals surface area contributed by atoms with Gasteiger partial charge in [-0.05, 0) is 43.0 Å². The first kappa shape index (κ1) is 20.1. The fourth-order valence-corrected chi connectivity index (χ4v) is 4.13. The van der Waals surface area contributed by atoms with Gasteiger partial charge in [-0.3, -0.25) is 4.79 Å². The number of amidine groups is 1. The van der Waals surface area contributed by atoms with E-state index in [9.17, 15) is 4.79 Å². The van der Waals surface area contributed by atoms with Crippen LogP contribution in [0.25, 0.3) is 11.3 Å². The Morgan fingerprint density at radius 3 is 2.23 bits per heavy atom. The number of carbonyl (C=O) groups excluding carboxylic acids is 1. The SMILES string of the molecule is Cc1ccc(C2=C(c3ccc(C#N)cc3)N=C(N3CCC(N)CC3)C(=O)C2C)cc1. The number of Topliss-reactive ketones (excluding diaryl/α,β-unsaturated/α-hetero) is 1. The molecule has 0 spiro atoms. The van der Waals surface area contributed by atoms with Crippen molar-refractivity contribution >= 4 is 22.9 Å². The van der Waals surface area contributed by atoms with Crippen LogP contribution in [0.1, 0.15) is 42.0 Å². The molecule has 0 aromatic heterocycles. The summed E-state index contributed by atoms with van der Waals surface area (Å²) in [5.41, 5.74) is 11.5. The number of hydrogen-bond donors (Lipinski definition) is 1. The minimum absolute atomic E-state index is 0.0541. The van der Waals surface area contributed by atoms with E-state index in [1.165, 1.54) is 5.56 Å². The maximum atomic E-state index is 13.4. The number of nitrogens with zero attached hydrogens (tertiary/aromatic N) is 3. The largest absolute Gasteiger partial charge is 0.354 e. The molecule has 1 unspecified atom stereocenters. The van der Waals surface area contributed by atoms with E-state index in [0.717, 1.165) is 48.3 Å². The molecule has 2 N–H and O–H groups in total. The highest BCUT2D eigenvalue weighted by Gasteiger charge is 2.35. The summed E-state index contributed by atoms with van der Waals surface area (Å²) in [5.74, 6) is 0.282. The highest BCUT2D eigenvalue weighted by atomic mass is 16.1. The number of aliphatic imine (C=N–C) groups is 1. The van der Waals surface area contributed by atoms with Crippen LogP contribution in [0.5, 0.6) is 0 Å². The Labute approximate surface area is 177 Å². The average Bonchev–Trinajstić information content (AvgIpc) is 2.77. The van der Waals surface area contributed by atoms with Crippen molar-refractivity contribution in [1.82, 2.24) is 4.90 Å². The number of piperidine rings is 1. The molecule has 5 heteroatoms. The number of nitriles is 1. The number of aryl methyl sites for hydroxylation is 1. The van der Waals surface area contributed by atoms with E-state index in [-0.39, 0.29) is 17.7 Å². The van der Waals surface area contributed by atoms with Crippen LogP contribution in [-0.2, 0) is 4.79 Å². The third-order valence-corrected chi connectivity index (χ3v) is 6.01. The van der Waals surface area contributed by atoms with E-state index < -0.39 is 0 Å². The fraction of sp³-hybridized carbons (Fsp3) is 0.320. The standard InChI is InChI=1S/C25H26N4O/c1-16-3-7-19(8-4-16)22-17(2)24(30)25(29-13-11-21(27)12-14-29)28-23(22)20-9-5-18(15-26)6-10-20/h3-10,17,21H,11-14,27H2,1-2H3. The summed E-state index contributed by atoms with van der Waals surface area (Å²) in [6.07, 6.45) is 1.73. The molecule has 2 aliphatic rings. The molecular formula is C25H26N4O. The molecule has 4 rings (SSSR count). The molecule has 2 heterocycles. The monoisotopic (exact) mass is 398 g/mol. The normalized spacial score (nSPS) is 20.2. The summed E-state index contributed by atoms with van der Waals surface area (Å²) in [7, 11) is 0. The van der Waals surface area contributed by atoms with Gasteiger partial charge in [0.2, 0.25) is 5.78 Å². The van der Waals surface area contributed by atoms with Crippen molar-refractivity contribution < 1.29 is 4.79 Å². The van der Waals surface area contributed by atoms with Gasteiger partial charge in [0.25, 0.3) is 0 Å². The number of hydrogen-bond acceptors (Lipinski definition) is 5. The van der Waals surface area contributed by atoms with Gasteiger partial charge in [-0.2, -0.15) is 5.26 Å². The van der Waals surface area contributed by atoms with Crippen LogP contribution >= 0.6 is 0 Å². The Morgan fingerprint density at radius 1 is 1.03 bits per heavy atom.